The minimum Gasteiger partial charge on any atom is -0.308 e. The molecule has 0 saturated heterocycles. The van der Waals surface area contributed by atoms with Crippen molar-refractivity contribution < 1.29 is 0 Å². The molecule has 0 bridgehead atoms. The molecule has 1 aromatic rings. The second-order valence-corrected chi connectivity index (χ2v) is 4.52. The molecular formula is C13H17ClN2. The topological polar surface area (TPSA) is 24.9 Å². The van der Waals surface area contributed by atoms with Crippen LogP contribution in [0.15, 0.2) is 30.0 Å². The summed E-state index contributed by atoms with van der Waals surface area (Å²) in [4.78, 5) is 4.39. The lowest BCUT2D eigenvalue weighted by atomic mass is 9.92. The maximum absolute atomic E-state index is 6.19. The Balaban J connectivity index is 2.28. The van der Waals surface area contributed by atoms with E-state index in [1.807, 2.05) is 19.2 Å². The van der Waals surface area contributed by atoms with Gasteiger partial charge in [0.05, 0.1) is 16.8 Å². The summed E-state index contributed by atoms with van der Waals surface area (Å²) in [5.41, 5.74) is 2.37. The molecule has 0 aromatic carbocycles. The lowest BCUT2D eigenvalue weighted by molar-refractivity contribution is 0.583. The Hall–Kier alpha value is -0.860. The van der Waals surface area contributed by atoms with Crippen molar-refractivity contribution in [2.75, 3.05) is 7.05 Å². The van der Waals surface area contributed by atoms with E-state index in [9.17, 15) is 0 Å². The SMILES string of the molecule is CNC(C1=CCCCC1)c1ncccc1Cl. The Morgan fingerprint density at radius 2 is 2.31 bits per heavy atom. The van der Waals surface area contributed by atoms with Crippen molar-refractivity contribution in [3.8, 4) is 0 Å². The second kappa shape index (κ2) is 5.46. The van der Waals surface area contributed by atoms with Gasteiger partial charge in [-0.25, -0.2) is 0 Å². The smallest absolute Gasteiger partial charge is 0.0800 e. The molecule has 0 saturated carbocycles. The number of halogens is 1. The van der Waals surface area contributed by atoms with Gasteiger partial charge in [0.2, 0.25) is 0 Å². The van der Waals surface area contributed by atoms with Crippen LogP contribution in [0.5, 0.6) is 0 Å². The van der Waals surface area contributed by atoms with Gasteiger partial charge in [0.15, 0.2) is 0 Å². The van der Waals surface area contributed by atoms with E-state index in [-0.39, 0.29) is 6.04 Å². The lowest BCUT2D eigenvalue weighted by Crippen LogP contribution is -2.21. The second-order valence-electron chi connectivity index (χ2n) is 4.12. The van der Waals surface area contributed by atoms with E-state index < -0.39 is 0 Å². The van der Waals surface area contributed by atoms with Crippen LogP contribution in [0.2, 0.25) is 5.02 Å². The molecule has 0 aliphatic heterocycles. The Morgan fingerprint density at radius 1 is 1.44 bits per heavy atom. The Labute approximate surface area is 102 Å². The van der Waals surface area contributed by atoms with Gasteiger partial charge in [-0.05, 0) is 44.9 Å². The lowest BCUT2D eigenvalue weighted by Gasteiger charge is -2.23. The molecule has 1 atom stereocenters. The molecule has 0 spiro atoms. The molecule has 2 rings (SSSR count). The van der Waals surface area contributed by atoms with E-state index >= 15 is 0 Å². The van der Waals surface area contributed by atoms with Crippen molar-refractivity contribution in [2.24, 2.45) is 0 Å². The van der Waals surface area contributed by atoms with Gasteiger partial charge in [-0.15, -0.1) is 0 Å². The largest absolute Gasteiger partial charge is 0.308 e. The highest BCUT2D eigenvalue weighted by Gasteiger charge is 2.19. The molecule has 0 amide bonds. The highest BCUT2D eigenvalue weighted by atomic mass is 35.5. The summed E-state index contributed by atoms with van der Waals surface area (Å²) in [6, 6.07) is 3.94. The van der Waals surface area contributed by atoms with Gasteiger partial charge < -0.3 is 5.32 Å². The van der Waals surface area contributed by atoms with Crippen LogP contribution in [0.3, 0.4) is 0 Å². The van der Waals surface area contributed by atoms with Crippen LogP contribution in [0.25, 0.3) is 0 Å². The average Bonchev–Trinajstić information content (AvgIpc) is 2.34. The normalized spacial score (nSPS) is 18.0. The fourth-order valence-corrected chi connectivity index (χ4v) is 2.46. The summed E-state index contributed by atoms with van der Waals surface area (Å²) in [5.74, 6) is 0. The third-order valence-corrected chi connectivity index (χ3v) is 3.37. The van der Waals surface area contributed by atoms with Crippen molar-refractivity contribution in [2.45, 2.75) is 31.7 Å². The van der Waals surface area contributed by atoms with Gasteiger partial charge in [-0.3, -0.25) is 4.98 Å². The molecule has 3 heteroatoms. The van der Waals surface area contributed by atoms with Crippen molar-refractivity contribution >= 4 is 11.6 Å². The number of rotatable bonds is 3. The number of hydrogen-bond acceptors (Lipinski definition) is 2. The molecule has 0 radical (unpaired) electrons. The molecule has 0 fully saturated rings. The van der Waals surface area contributed by atoms with Crippen molar-refractivity contribution in [1.29, 1.82) is 0 Å². The van der Waals surface area contributed by atoms with E-state index in [2.05, 4.69) is 16.4 Å². The Morgan fingerprint density at radius 3 is 2.94 bits per heavy atom. The fraction of sp³-hybridized carbons (Fsp3) is 0.462. The van der Waals surface area contributed by atoms with Gasteiger partial charge in [0.25, 0.3) is 0 Å². The number of nitrogens with zero attached hydrogens (tertiary/aromatic N) is 1. The summed E-state index contributed by atoms with van der Waals surface area (Å²) in [6.45, 7) is 0. The fourth-order valence-electron chi connectivity index (χ4n) is 2.23. The Kier molecular flexibility index (Phi) is 3.97. The molecular weight excluding hydrogens is 220 g/mol. The molecule has 2 nitrogen and oxygen atoms in total. The number of likely N-dealkylation sites (N-methyl/N-ethyl adjacent to an activating group) is 1. The van der Waals surface area contributed by atoms with Crippen molar-refractivity contribution in [3.05, 3.63) is 40.7 Å². The molecule has 1 N–H and O–H groups in total. The van der Waals surface area contributed by atoms with Gasteiger partial charge in [0.1, 0.15) is 0 Å². The third kappa shape index (κ3) is 2.45. The van der Waals surface area contributed by atoms with Gasteiger partial charge in [0, 0.05) is 6.20 Å². The summed E-state index contributed by atoms with van der Waals surface area (Å²) in [5, 5.41) is 4.06. The molecule has 16 heavy (non-hydrogen) atoms. The number of allylic oxidation sites excluding steroid dienone is 1. The van der Waals surface area contributed by atoms with Crippen LogP contribution in [0.4, 0.5) is 0 Å². The molecule has 1 aromatic heterocycles. The molecule has 1 heterocycles. The maximum Gasteiger partial charge on any atom is 0.0800 e. The van der Waals surface area contributed by atoms with E-state index in [1.165, 1.54) is 24.8 Å². The standard InChI is InChI=1S/C13H17ClN2/c1-15-12(10-6-3-2-4-7-10)13-11(14)8-5-9-16-13/h5-6,8-9,12,15H,2-4,7H2,1H3. The quantitative estimate of drug-likeness (QED) is 0.813. The first-order valence-electron chi connectivity index (χ1n) is 5.79. The molecule has 86 valence electrons. The first-order chi connectivity index (χ1) is 7.83. The number of nitrogens with one attached hydrogen (secondary N) is 1. The van der Waals surface area contributed by atoms with Gasteiger partial charge >= 0.3 is 0 Å². The van der Waals surface area contributed by atoms with Crippen molar-refractivity contribution in [3.63, 3.8) is 0 Å². The molecule has 1 unspecified atom stereocenters. The summed E-state index contributed by atoms with van der Waals surface area (Å²) in [7, 11) is 1.96. The third-order valence-electron chi connectivity index (χ3n) is 3.05. The van der Waals surface area contributed by atoms with Gasteiger partial charge in [-0.2, -0.15) is 0 Å². The first kappa shape index (κ1) is 11.6. The molecule has 1 aliphatic rings. The van der Waals surface area contributed by atoms with Crippen LogP contribution >= 0.6 is 11.6 Å². The maximum atomic E-state index is 6.19. The number of aromatic nitrogens is 1. The Bertz CT molecular complexity index is 387. The van der Waals surface area contributed by atoms with Crippen LogP contribution in [0, 0.1) is 0 Å². The van der Waals surface area contributed by atoms with E-state index in [0.29, 0.717) is 0 Å². The molecule has 1 aliphatic carbocycles. The minimum absolute atomic E-state index is 0.175. The zero-order valence-electron chi connectivity index (χ0n) is 9.54. The van der Waals surface area contributed by atoms with Crippen LogP contribution < -0.4 is 5.32 Å². The van der Waals surface area contributed by atoms with Crippen molar-refractivity contribution in [1.82, 2.24) is 10.3 Å². The van der Waals surface area contributed by atoms with Crippen LogP contribution in [-0.4, -0.2) is 12.0 Å². The summed E-state index contributed by atoms with van der Waals surface area (Å²) in [6.07, 6.45) is 9.03. The van der Waals surface area contributed by atoms with Crippen LogP contribution in [0.1, 0.15) is 37.4 Å². The van der Waals surface area contributed by atoms with E-state index in [0.717, 1.165) is 17.1 Å². The minimum atomic E-state index is 0.175. The zero-order chi connectivity index (χ0) is 11.4. The highest BCUT2D eigenvalue weighted by molar-refractivity contribution is 6.31. The van der Waals surface area contributed by atoms with E-state index in [4.69, 9.17) is 11.6 Å². The average molecular weight is 237 g/mol. The highest BCUT2D eigenvalue weighted by Crippen LogP contribution is 2.31. The first-order valence-corrected chi connectivity index (χ1v) is 6.17. The van der Waals surface area contributed by atoms with E-state index in [1.54, 1.807) is 6.20 Å². The van der Waals surface area contributed by atoms with Gasteiger partial charge in [-0.1, -0.05) is 23.3 Å². The predicted octanol–water partition coefficient (Wildman–Crippen LogP) is 3.50. The monoisotopic (exact) mass is 236 g/mol. The number of hydrogen-bond donors (Lipinski definition) is 1. The summed E-state index contributed by atoms with van der Waals surface area (Å²) < 4.78 is 0. The number of pyridine rings is 1. The predicted molar refractivity (Wildman–Crippen MR) is 67.6 cm³/mol. The summed E-state index contributed by atoms with van der Waals surface area (Å²) >= 11 is 6.19. The zero-order valence-corrected chi connectivity index (χ0v) is 10.3. The van der Waals surface area contributed by atoms with Crippen LogP contribution in [-0.2, 0) is 0 Å².